The molecule has 0 spiro atoms. The summed E-state index contributed by atoms with van der Waals surface area (Å²) < 4.78 is 39.9. The van der Waals surface area contributed by atoms with Crippen LogP contribution in [0.15, 0.2) is 17.0 Å². The van der Waals surface area contributed by atoms with E-state index in [4.69, 9.17) is 5.73 Å². The zero-order chi connectivity index (χ0) is 16.4. The van der Waals surface area contributed by atoms with E-state index in [0.717, 1.165) is 6.07 Å². The molecule has 0 bridgehead atoms. The van der Waals surface area contributed by atoms with E-state index in [1.807, 2.05) is 4.72 Å². The van der Waals surface area contributed by atoms with Crippen LogP contribution in [-0.4, -0.2) is 32.3 Å². The number of carbonyl (C=O) groups excluding carboxylic acids is 1. The maximum atomic E-state index is 13.9. The van der Waals surface area contributed by atoms with E-state index < -0.39 is 43.3 Å². The van der Waals surface area contributed by atoms with Gasteiger partial charge in [-0.2, -0.15) is 4.72 Å². The number of hydrogen-bond donors (Lipinski definition) is 3. The lowest BCUT2D eigenvalue weighted by atomic mass is 10.2. The second-order valence-corrected chi connectivity index (χ2v) is 5.71. The zero-order valence-electron chi connectivity index (χ0n) is 11.1. The molecule has 1 atom stereocenters. The minimum absolute atomic E-state index is 0.314. The van der Waals surface area contributed by atoms with Gasteiger partial charge in [0, 0.05) is 13.1 Å². The van der Waals surface area contributed by atoms with Crippen molar-refractivity contribution in [2.45, 2.75) is 17.9 Å². The first-order chi connectivity index (χ1) is 9.60. The van der Waals surface area contributed by atoms with Gasteiger partial charge in [0.25, 0.3) is 5.69 Å². The van der Waals surface area contributed by atoms with Crippen LogP contribution in [0.25, 0.3) is 0 Å². The Labute approximate surface area is 119 Å². The van der Waals surface area contributed by atoms with Crippen molar-refractivity contribution in [2.75, 3.05) is 12.4 Å². The number of amides is 1. The predicted molar refractivity (Wildman–Crippen MR) is 71.6 cm³/mol. The Morgan fingerprint density at radius 2 is 2.05 bits per heavy atom. The minimum atomic E-state index is -4.43. The standard InChI is InChI=1S/C10H13FN4O5S/c1-5(10(12)16)14-21(19,20)9-7(11)3-6(15(17)18)4-8(9)13-2/h3-5,13-14H,1-2H3,(H2,12,16). The number of anilines is 1. The van der Waals surface area contributed by atoms with E-state index in [-0.39, 0.29) is 5.69 Å². The Hall–Kier alpha value is -2.27. The average molecular weight is 320 g/mol. The van der Waals surface area contributed by atoms with Crippen LogP contribution < -0.4 is 15.8 Å². The number of nitro benzene ring substituents is 1. The molecule has 0 aliphatic carbocycles. The molecular formula is C10H13FN4O5S. The molecule has 116 valence electrons. The normalized spacial score (nSPS) is 12.7. The summed E-state index contributed by atoms with van der Waals surface area (Å²) in [6, 6.07) is 0.0750. The van der Waals surface area contributed by atoms with Crippen molar-refractivity contribution in [3.63, 3.8) is 0 Å². The predicted octanol–water partition coefficient (Wildman–Crippen LogP) is -0.0723. The van der Waals surface area contributed by atoms with Gasteiger partial charge in [-0.25, -0.2) is 12.8 Å². The highest BCUT2D eigenvalue weighted by molar-refractivity contribution is 7.89. The van der Waals surface area contributed by atoms with Crippen LogP contribution in [0, 0.1) is 15.9 Å². The lowest BCUT2D eigenvalue weighted by molar-refractivity contribution is -0.385. The van der Waals surface area contributed by atoms with Crippen molar-refractivity contribution >= 4 is 27.3 Å². The summed E-state index contributed by atoms with van der Waals surface area (Å²) in [6.45, 7) is 1.18. The van der Waals surface area contributed by atoms with E-state index in [9.17, 15) is 27.7 Å². The molecule has 1 rings (SSSR count). The molecule has 0 fully saturated rings. The van der Waals surface area contributed by atoms with Gasteiger partial charge in [0.05, 0.1) is 22.7 Å². The summed E-state index contributed by atoms with van der Waals surface area (Å²) in [7, 11) is -3.16. The highest BCUT2D eigenvalue weighted by Gasteiger charge is 2.29. The Kier molecular flexibility index (Phi) is 4.80. The van der Waals surface area contributed by atoms with Gasteiger partial charge in [0.15, 0.2) is 5.82 Å². The van der Waals surface area contributed by atoms with E-state index >= 15 is 0 Å². The lowest BCUT2D eigenvalue weighted by Crippen LogP contribution is -2.42. The van der Waals surface area contributed by atoms with E-state index in [1.54, 1.807) is 0 Å². The summed E-state index contributed by atoms with van der Waals surface area (Å²) in [6.07, 6.45) is 0. The fourth-order valence-electron chi connectivity index (χ4n) is 1.49. The first-order valence-corrected chi connectivity index (χ1v) is 7.05. The maximum absolute atomic E-state index is 13.9. The average Bonchev–Trinajstić information content (AvgIpc) is 2.36. The number of nitrogens with zero attached hydrogens (tertiary/aromatic N) is 1. The van der Waals surface area contributed by atoms with Gasteiger partial charge in [0.1, 0.15) is 4.90 Å². The van der Waals surface area contributed by atoms with Crippen LogP contribution in [-0.2, 0) is 14.8 Å². The summed E-state index contributed by atoms with van der Waals surface area (Å²) in [5.41, 5.74) is 4.00. The molecule has 9 nitrogen and oxygen atoms in total. The molecule has 0 saturated carbocycles. The van der Waals surface area contributed by atoms with Crippen molar-refractivity contribution in [2.24, 2.45) is 5.73 Å². The smallest absolute Gasteiger partial charge is 0.274 e. The molecule has 1 aromatic carbocycles. The topological polar surface area (TPSA) is 144 Å². The molecule has 1 amide bonds. The zero-order valence-corrected chi connectivity index (χ0v) is 11.9. The number of benzene rings is 1. The molecule has 0 saturated heterocycles. The number of primary amides is 1. The molecule has 1 aromatic rings. The van der Waals surface area contributed by atoms with Gasteiger partial charge < -0.3 is 11.1 Å². The van der Waals surface area contributed by atoms with Gasteiger partial charge in [0.2, 0.25) is 15.9 Å². The molecule has 0 aromatic heterocycles. The molecule has 0 heterocycles. The number of halogens is 1. The Bertz CT molecular complexity index is 691. The quantitative estimate of drug-likeness (QED) is 0.494. The number of nitrogens with two attached hydrogens (primary N) is 1. The third kappa shape index (κ3) is 3.64. The van der Waals surface area contributed by atoms with Gasteiger partial charge in [-0.15, -0.1) is 0 Å². The van der Waals surface area contributed by atoms with Gasteiger partial charge in [-0.1, -0.05) is 0 Å². The van der Waals surface area contributed by atoms with Gasteiger partial charge >= 0.3 is 0 Å². The second-order valence-electron chi connectivity index (χ2n) is 4.06. The molecule has 0 aliphatic heterocycles. The number of non-ortho nitro benzene ring substituents is 1. The molecule has 0 radical (unpaired) electrons. The Morgan fingerprint density at radius 3 is 2.48 bits per heavy atom. The Balaban J connectivity index is 3.42. The molecule has 4 N–H and O–H groups in total. The van der Waals surface area contributed by atoms with Gasteiger partial charge in [-0.05, 0) is 6.92 Å². The van der Waals surface area contributed by atoms with E-state index in [0.29, 0.717) is 6.07 Å². The third-order valence-corrected chi connectivity index (χ3v) is 4.15. The molecular weight excluding hydrogens is 307 g/mol. The van der Waals surface area contributed by atoms with Crippen molar-refractivity contribution in [3.05, 3.63) is 28.1 Å². The van der Waals surface area contributed by atoms with Crippen LogP contribution in [0.2, 0.25) is 0 Å². The number of nitro groups is 1. The van der Waals surface area contributed by atoms with Crippen molar-refractivity contribution in [3.8, 4) is 0 Å². The third-order valence-electron chi connectivity index (χ3n) is 2.54. The molecule has 21 heavy (non-hydrogen) atoms. The van der Waals surface area contributed by atoms with Gasteiger partial charge in [-0.3, -0.25) is 14.9 Å². The fourth-order valence-corrected chi connectivity index (χ4v) is 2.96. The van der Waals surface area contributed by atoms with Crippen molar-refractivity contribution in [1.82, 2.24) is 4.72 Å². The number of sulfonamides is 1. The van der Waals surface area contributed by atoms with Crippen molar-refractivity contribution < 1.29 is 22.5 Å². The lowest BCUT2D eigenvalue weighted by Gasteiger charge is -2.14. The second kappa shape index (κ2) is 6.01. The highest BCUT2D eigenvalue weighted by Crippen LogP contribution is 2.29. The number of hydrogen-bond acceptors (Lipinski definition) is 6. The fraction of sp³-hybridized carbons (Fsp3) is 0.300. The largest absolute Gasteiger partial charge is 0.387 e. The van der Waals surface area contributed by atoms with Crippen LogP contribution in [0.1, 0.15) is 6.92 Å². The first-order valence-electron chi connectivity index (χ1n) is 5.57. The van der Waals surface area contributed by atoms with Crippen LogP contribution in [0.5, 0.6) is 0 Å². The summed E-state index contributed by atoms with van der Waals surface area (Å²) in [4.78, 5) is 19.8. The minimum Gasteiger partial charge on any atom is -0.387 e. The monoisotopic (exact) mass is 320 g/mol. The Morgan fingerprint density at radius 1 is 1.48 bits per heavy atom. The van der Waals surface area contributed by atoms with E-state index in [2.05, 4.69) is 5.32 Å². The summed E-state index contributed by atoms with van der Waals surface area (Å²) in [5, 5.41) is 13.0. The summed E-state index contributed by atoms with van der Waals surface area (Å²) in [5.74, 6) is -2.27. The number of carbonyl (C=O) groups is 1. The highest BCUT2D eigenvalue weighted by atomic mass is 32.2. The van der Waals surface area contributed by atoms with Crippen LogP contribution in [0.4, 0.5) is 15.8 Å². The van der Waals surface area contributed by atoms with Crippen molar-refractivity contribution in [1.29, 1.82) is 0 Å². The summed E-state index contributed by atoms with van der Waals surface area (Å²) >= 11 is 0. The van der Waals surface area contributed by atoms with E-state index in [1.165, 1.54) is 14.0 Å². The van der Waals surface area contributed by atoms with Crippen LogP contribution >= 0.6 is 0 Å². The number of rotatable bonds is 6. The van der Waals surface area contributed by atoms with Crippen LogP contribution in [0.3, 0.4) is 0 Å². The molecule has 11 heteroatoms. The molecule has 1 unspecified atom stereocenters. The maximum Gasteiger partial charge on any atom is 0.274 e. The SMILES string of the molecule is CNc1cc([N+](=O)[O-])cc(F)c1S(=O)(=O)NC(C)C(N)=O. The number of nitrogens with one attached hydrogen (secondary N) is 2. The molecule has 0 aliphatic rings. The first kappa shape index (κ1) is 16.8.